The van der Waals surface area contributed by atoms with Crippen molar-refractivity contribution in [2.75, 3.05) is 6.61 Å². The van der Waals surface area contributed by atoms with Crippen LogP contribution in [0.4, 0.5) is 0 Å². The Labute approximate surface area is 146 Å². The van der Waals surface area contributed by atoms with Crippen molar-refractivity contribution in [1.29, 1.82) is 0 Å². The first-order valence-corrected chi connectivity index (χ1v) is 8.56. The highest BCUT2D eigenvalue weighted by atomic mass is 16.7. The molecular formula is C18H23N3O4. The zero-order valence-electron chi connectivity index (χ0n) is 14.0. The van der Waals surface area contributed by atoms with Crippen molar-refractivity contribution >= 4 is 17.7 Å². The van der Waals surface area contributed by atoms with E-state index in [9.17, 15) is 9.59 Å². The van der Waals surface area contributed by atoms with E-state index in [0.717, 1.165) is 12.3 Å². The maximum Gasteiger partial charge on any atom is 0.335 e. The van der Waals surface area contributed by atoms with E-state index in [2.05, 4.69) is 5.16 Å². The van der Waals surface area contributed by atoms with E-state index in [0.29, 0.717) is 29.6 Å². The molecule has 0 aromatic heterocycles. The van der Waals surface area contributed by atoms with Gasteiger partial charge in [-0.1, -0.05) is 11.6 Å². The molecule has 0 radical (unpaired) electrons. The summed E-state index contributed by atoms with van der Waals surface area (Å²) in [5.74, 6) is 1.63. The van der Waals surface area contributed by atoms with Crippen molar-refractivity contribution in [3.63, 3.8) is 0 Å². The Morgan fingerprint density at radius 1 is 1.12 bits per heavy atom. The summed E-state index contributed by atoms with van der Waals surface area (Å²) in [7, 11) is 0. The summed E-state index contributed by atoms with van der Waals surface area (Å²) >= 11 is 0. The molecule has 1 aromatic rings. The number of oxime groups is 1. The summed E-state index contributed by atoms with van der Waals surface area (Å²) in [6.45, 7) is -0.191. The maximum atomic E-state index is 12.0. The van der Waals surface area contributed by atoms with Gasteiger partial charge in [0.15, 0.2) is 12.4 Å². The summed E-state index contributed by atoms with van der Waals surface area (Å²) in [5.41, 5.74) is 11.5. The standard InChI is InChI=1S/C18H23N3O4/c19-16(22)10-24-15-5-3-12(4-6-15)18(20)21-25-17(23)9-14-8-11-1-2-13(14)7-11/h3-6,11,13-14H,1-2,7-10H2,(H2,19,22)(H2,20,21). The maximum absolute atomic E-state index is 12.0. The lowest BCUT2D eigenvalue weighted by atomic mass is 9.86. The molecule has 3 atom stereocenters. The van der Waals surface area contributed by atoms with Gasteiger partial charge in [0.25, 0.3) is 5.91 Å². The van der Waals surface area contributed by atoms with Crippen LogP contribution in [0.1, 0.15) is 37.7 Å². The lowest BCUT2D eigenvalue weighted by molar-refractivity contribution is -0.145. The Morgan fingerprint density at radius 3 is 2.48 bits per heavy atom. The Hall–Kier alpha value is -2.57. The SMILES string of the molecule is NC(=O)COc1ccc(/C(N)=N/OC(=O)CC2CC3CCC2C3)cc1. The summed E-state index contributed by atoms with van der Waals surface area (Å²) in [4.78, 5) is 27.6. The number of ether oxygens (including phenoxy) is 1. The first-order valence-electron chi connectivity index (χ1n) is 8.56. The van der Waals surface area contributed by atoms with Crippen LogP contribution in [0.2, 0.25) is 0 Å². The molecule has 0 heterocycles. The topological polar surface area (TPSA) is 117 Å². The molecule has 1 aromatic carbocycles. The fourth-order valence-corrected chi connectivity index (χ4v) is 3.91. The normalized spacial score (nSPS) is 25.0. The summed E-state index contributed by atoms with van der Waals surface area (Å²) in [5, 5.41) is 3.73. The van der Waals surface area contributed by atoms with E-state index in [1.54, 1.807) is 24.3 Å². The smallest absolute Gasteiger partial charge is 0.335 e. The van der Waals surface area contributed by atoms with Gasteiger partial charge in [-0.05, 0) is 61.3 Å². The quantitative estimate of drug-likeness (QED) is 0.336. The van der Waals surface area contributed by atoms with Gasteiger partial charge in [0.2, 0.25) is 0 Å². The number of nitrogens with zero attached hydrogens (tertiary/aromatic N) is 1. The van der Waals surface area contributed by atoms with Gasteiger partial charge in [-0.15, -0.1) is 0 Å². The number of hydrogen-bond acceptors (Lipinski definition) is 5. The number of carbonyl (C=O) groups is 2. The first-order chi connectivity index (χ1) is 12.0. The van der Waals surface area contributed by atoms with E-state index in [-0.39, 0.29) is 18.4 Å². The molecule has 25 heavy (non-hydrogen) atoms. The van der Waals surface area contributed by atoms with E-state index in [1.807, 2.05) is 0 Å². The highest BCUT2D eigenvalue weighted by Gasteiger charge is 2.40. The molecule has 7 heteroatoms. The second kappa shape index (κ2) is 7.55. The molecule has 2 aliphatic carbocycles. The number of fused-ring (bicyclic) bond motifs is 2. The van der Waals surface area contributed by atoms with E-state index >= 15 is 0 Å². The number of benzene rings is 1. The third-order valence-corrected chi connectivity index (χ3v) is 5.09. The van der Waals surface area contributed by atoms with Gasteiger partial charge in [0.05, 0.1) is 6.42 Å². The van der Waals surface area contributed by atoms with Gasteiger partial charge in [-0.25, -0.2) is 4.79 Å². The number of hydrogen-bond donors (Lipinski definition) is 2. The van der Waals surface area contributed by atoms with Crippen molar-refractivity contribution in [3.8, 4) is 5.75 Å². The molecule has 7 nitrogen and oxygen atoms in total. The lowest BCUT2D eigenvalue weighted by Crippen LogP contribution is -2.20. The van der Waals surface area contributed by atoms with Crippen LogP contribution in [-0.4, -0.2) is 24.3 Å². The van der Waals surface area contributed by atoms with Crippen molar-refractivity contribution in [3.05, 3.63) is 29.8 Å². The number of amidine groups is 1. The molecule has 0 aliphatic heterocycles. The van der Waals surface area contributed by atoms with Gasteiger partial charge in [-0.2, -0.15) is 0 Å². The molecule has 134 valence electrons. The second-order valence-electron chi connectivity index (χ2n) is 6.86. The van der Waals surface area contributed by atoms with Crippen molar-refractivity contribution in [1.82, 2.24) is 0 Å². The van der Waals surface area contributed by atoms with Crippen molar-refractivity contribution in [2.45, 2.75) is 32.1 Å². The van der Waals surface area contributed by atoms with Crippen LogP contribution in [0.25, 0.3) is 0 Å². The van der Waals surface area contributed by atoms with Gasteiger partial charge >= 0.3 is 5.97 Å². The lowest BCUT2D eigenvalue weighted by Gasteiger charge is -2.19. The number of primary amides is 1. The summed E-state index contributed by atoms with van der Waals surface area (Å²) in [6.07, 6.45) is 5.34. The monoisotopic (exact) mass is 345 g/mol. The van der Waals surface area contributed by atoms with Gasteiger partial charge in [0, 0.05) is 5.56 Å². The van der Waals surface area contributed by atoms with Crippen LogP contribution in [-0.2, 0) is 14.4 Å². The molecule has 2 fully saturated rings. The number of nitrogens with two attached hydrogens (primary N) is 2. The second-order valence-corrected chi connectivity index (χ2v) is 6.86. The fourth-order valence-electron chi connectivity index (χ4n) is 3.91. The van der Waals surface area contributed by atoms with E-state index in [1.165, 1.54) is 19.3 Å². The minimum Gasteiger partial charge on any atom is -0.484 e. The molecule has 4 N–H and O–H groups in total. The number of amides is 1. The van der Waals surface area contributed by atoms with Crippen molar-refractivity contribution in [2.24, 2.45) is 34.4 Å². The molecule has 3 unspecified atom stereocenters. The summed E-state index contributed by atoms with van der Waals surface area (Å²) in [6, 6.07) is 6.60. The molecular weight excluding hydrogens is 322 g/mol. The first kappa shape index (κ1) is 17.3. The van der Waals surface area contributed by atoms with Gasteiger partial charge < -0.3 is 21.0 Å². The Balaban J connectivity index is 1.49. The minimum atomic E-state index is -0.549. The number of rotatable bonds is 7. The zero-order chi connectivity index (χ0) is 17.8. The van der Waals surface area contributed by atoms with Gasteiger partial charge in [-0.3, -0.25) is 4.79 Å². The number of carbonyl (C=O) groups excluding carboxylic acids is 2. The molecule has 3 rings (SSSR count). The molecule has 0 saturated heterocycles. The van der Waals surface area contributed by atoms with E-state index < -0.39 is 5.91 Å². The molecule has 0 spiro atoms. The average molecular weight is 345 g/mol. The average Bonchev–Trinajstić information content (AvgIpc) is 3.21. The Morgan fingerprint density at radius 2 is 1.88 bits per heavy atom. The van der Waals surface area contributed by atoms with Crippen LogP contribution in [0.3, 0.4) is 0 Å². The molecule has 2 bridgehead atoms. The third kappa shape index (κ3) is 4.49. The third-order valence-electron chi connectivity index (χ3n) is 5.09. The van der Waals surface area contributed by atoms with Crippen LogP contribution in [0.15, 0.2) is 29.4 Å². The highest BCUT2D eigenvalue weighted by Crippen LogP contribution is 2.49. The highest BCUT2D eigenvalue weighted by molar-refractivity contribution is 5.97. The minimum absolute atomic E-state index is 0.114. The predicted molar refractivity (Wildman–Crippen MR) is 91.5 cm³/mol. The van der Waals surface area contributed by atoms with Crippen LogP contribution in [0.5, 0.6) is 5.75 Å². The fraction of sp³-hybridized carbons (Fsp3) is 0.500. The zero-order valence-corrected chi connectivity index (χ0v) is 14.0. The van der Waals surface area contributed by atoms with Gasteiger partial charge in [0.1, 0.15) is 5.75 Å². The van der Waals surface area contributed by atoms with E-state index in [4.69, 9.17) is 21.0 Å². The molecule has 2 aliphatic rings. The predicted octanol–water partition coefficient (Wildman–Crippen LogP) is 1.54. The largest absolute Gasteiger partial charge is 0.484 e. The summed E-state index contributed by atoms with van der Waals surface area (Å²) < 4.78 is 5.16. The Kier molecular flexibility index (Phi) is 5.21. The van der Waals surface area contributed by atoms with Crippen LogP contribution >= 0.6 is 0 Å². The van der Waals surface area contributed by atoms with Crippen LogP contribution < -0.4 is 16.2 Å². The Bertz CT molecular complexity index is 671. The van der Waals surface area contributed by atoms with Crippen LogP contribution in [0, 0.1) is 17.8 Å². The molecule has 1 amide bonds. The molecule has 2 saturated carbocycles. The van der Waals surface area contributed by atoms with Crippen molar-refractivity contribution < 1.29 is 19.2 Å².